The van der Waals surface area contributed by atoms with Gasteiger partial charge in [0.05, 0.1) is 84.5 Å². The maximum absolute atomic E-state index is 13.3. The molecule has 0 saturated heterocycles. The molecule has 0 atom stereocenters. The number of nitrogens with zero attached hydrogens (tertiary/aromatic N) is 6. The van der Waals surface area contributed by atoms with Crippen molar-refractivity contribution in [3.63, 3.8) is 0 Å². The molecule has 0 spiro atoms. The minimum Gasteiger partial charge on any atom is -0.496 e. The molecule has 27 heteroatoms. The summed E-state index contributed by atoms with van der Waals surface area (Å²) in [5.74, 6) is 1.28. The molecule has 5 aliphatic rings. The fraction of sp³-hybridized carbons (Fsp3) is 0.316. The normalized spacial score (nSPS) is 15.0. The van der Waals surface area contributed by atoms with E-state index in [4.69, 9.17) is 63.2 Å². The van der Waals surface area contributed by atoms with E-state index in [2.05, 4.69) is 106 Å². The number of ether oxygens (including phenoxy) is 6. The van der Waals surface area contributed by atoms with E-state index in [0.29, 0.717) is 70.7 Å². The molecular weight excluding hydrogens is 1460 g/mol. The zero-order chi connectivity index (χ0) is 74.0. The lowest BCUT2D eigenvalue weighted by molar-refractivity contribution is -0.166. The summed E-state index contributed by atoms with van der Waals surface area (Å²) in [4.78, 5) is 60.3. The van der Waals surface area contributed by atoms with Crippen molar-refractivity contribution in [2.75, 3.05) is 118 Å². The molecule has 0 aliphatic carbocycles. The third-order valence-electron chi connectivity index (χ3n) is 18.3. The van der Waals surface area contributed by atoms with Crippen LogP contribution < -0.4 is 49.7 Å². The number of hydrogen-bond donors (Lipinski definition) is 4. The number of nitrogens with one attached hydrogen (secondary N) is 4. The first-order valence-corrected chi connectivity index (χ1v) is 34.7. The number of anilines is 4. The molecule has 0 unspecified atom stereocenters. The molecule has 13 rings (SSSR count). The Morgan fingerprint density at radius 2 is 0.718 bits per heavy atom. The van der Waals surface area contributed by atoms with Crippen LogP contribution in [-0.2, 0) is 57.5 Å². The highest BCUT2D eigenvalue weighted by Gasteiger charge is 2.65. The summed E-state index contributed by atoms with van der Waals surface area (Å²) >= 11 is 21.6. The second-order valence-corrected chi connectivity index (χ2v) is 27.2. The van der Waals surface area contributed by atoms with E-state index in [1.807, 2.05) is 55.6 Å². The minimum atomic E-state index is -4.67. The van der Waals surface area contributed by atoms with Crippen molar-refractivity contribution in [3.05, 3.63) is 219 Å². The molecule has 0 fully saturated rings. The minimum absolute atomic E-state index is 0.00328. The Balaban J connectivity index is 0.000000148. The lowest BCUT2D eigenvalue weighted by Gasteiger charge is -2.27. The molecule has 4 N–H and O–H groups in total. The largest absolute Gasteiger partial charge is 0.496 e. The highest BCUT2D eigenvalue weighted by molar-refractivity contribution is 9.10. The van der Waals surface area contributed by atoms with Gasteiger partial charge in [0, 0.05) is 98.9 Å². The lowest BCUT2D eigenvalue weighted by Crippen LogP contribution is -2.30. The topological polar surface area (TPSA) is 209 Å². The molecule has 5 heterocycles. The van der Waals surface area contributed by atoms with Gasteiger partial charge in [0.1, 0.15) is 34.5 Å². The van der Waals surface area contributed by atoms with Crippen LogP contribution in [0.15, 0.2) is 142 Å². The molecule has 103 heavy (non-hydrogen) atoms. The average molecular weight is 1540 g/mol. The maximum atomic E-state index is 13.3. The van der Waals surface area contributed by atoms with E-state index in [-0.39, 0.29) is 34.6 Å². The lowest BCUT2D eigenvalue weighted by atomic mass is 9.97. The van der Waals surface area contributed by atoms with Gasteiger partial charge in [-0.2, -0.15) is 13.2 Å². The summed E-state index contributed by atoms with van der Waals surface area (Å²) in [6.07, 6.45) is -1.16. The molecule has 0 bridgehead atoms. The van der Waals surface area contributed by atoms with E-state index in [1.54, 1.807) is 50.6 Å². The van der Waals surface area contributed by atoms with Crippen molar-refractivity contribution < 1.29 is 60.8 Å². The Morgan fingerprint density at radius 1 is 0.408 bits per heavy atom. The highest BCUT2D eigenvalue weighted by atomic mass is 79.9. The van der Waals surface area contributed by atoms with Gasteiger partial charge in [0.25, 0.3) is 23.6 Å². The third kappa shape index (κ3) is 17.8. The Bertz CT molecular complexity index is 4410. The maximum Gasteiger partial charge on any atom is 0.442 e. The second kappa shape index (κ2) is 33.6. The smallest absolute Gasteiger partial charge is 0.442 e. The summed E-state index contributed by atoms with van der Waals surface area (Å²) in [5.41, 5.74) is 11.0. The van der Waals surface area contributed by atoms with E-state index >= 15 is 0 Å². The van der Waals surface area contributed by atoms with E-state index in [0.717, 1.165) is 112 Å². The van der Waals surface area contributed by atoms with Crippen molar-refractivity contribution in [3.8, 4) is 34.5 Å². The van der Waals surface area contributed by atoms with Crippen molar-refractivity contribution in [2.45, 2.75) is 63.7 Å². The summed E-state index contributed by atoms with van der Waals surface area (Å²) in [6.45, 7) is 7.22. The zero-order valence-corrected chi connectivity index (χ0v) is 62.4. The van der Waals surface area contributed by atoms with E-state index in [9.17, 15) is 32.3 Å². The van der Waals surface area contributed by atoms with Crippen LogP contribution in [-0.4, -0.2) is 146 Å². The van der Waals surface area contributed by atoms with Crippen LogP contribution in [0.2, 0.25) is 15.1 Å². The van der Waals surface area contributed by atoms with Crippen molar-refractivity contribution in [2.24, 2.45) is 10.2 Å². The van der Waals surface area contributed by atoms with Crippen LogP contribution in [0.25, 0.3) is 0 Å². The van der Waals surface area contributed by atoms with Gasteiger partial charge in [0.15, 0.2) is 0 Å². The number of rotatable bonds is 15. The number of halogens is 7. The van der Waals surface area contributed by atoms with Crippen LogP contribution in [0.1, 0.15) is 91.5 Å². The summed E-state index contributed by atoms with van der Waals surface area (Å²) < 4.78 is 72.3. The molecule has 0 saturated carbocycles. The van der Waals surface area contributed by atoms with Crippen LogP contribution in [0.5, 0.6) is 34.5 Å². The number of methoxy groups -OCH3 is 6. The number of hydrogen-bond acceptors (Lipinski definition) is 16. The van der Waals surface area contributed by atoms with Gasteiger partial charge in [0.2, 0.25) is 0 Å². The molecule has 0 aromatic heterocycles. The van der Waals surface area contributed by atoms with Crippen molar-refractivity contribution in [1.82, 2.24) is 19.6 Å². The molecule has 5 aliphatic heterocycles. The Labute approximate surface area is 619 Å². The fourth-order valence-corrected chi connectivity index (χ4v) is 13.8. The Morgan fingerprint density at radius 3 is 1.06 bits per heavy atom. The number of fused-ring (bicyclic) bond motifs is 4. The molecule has 4 amide bonds. The predicted molar refractivity (Wildman–Crippen MR) is 398 cm³/mol. The molecular formula is C76H79BrCl3F3N10O10. The number of alkyl halides is 3. The first-order valence-electron chi connectivity index (χ1n) is 32.8. The number of carbonyl (C=O) groups excluding carboxylic acids is 4. The van der Waals surface area contributed by atoms with Crippen molar-refractivity contribution in [1.29, 1.82) is 0 Å². The van der Waals surface area contributed by atoms with Crippen LogP contribution in [0, 0.1) is 0 Å². The van der Waals surface area contributed by atoms with Crippen LogP contribution in [0.3, 0.4) is 0 Å². The molecule has 0 radical (unpaired) electrons. The van der Waals surface area contributed by atoms with Crippen molar-refractivity contribution >= 4 is 97.1 Å². The monoisotopic (exact) mass is 1530 g/mol. The number of carbonyl (C=O) groups is 4. The van der Waals surface area contributed by atoms with Crippen LogP contribution >= 0.6 is 50.7 Å². The fourth-order valence-electron chi connectivity index (χ4n) is 12.7. The van der Waals surface area contributed by atoms with Gasteiger partial charge in [-0.15, -0.1) is 10.2 Å². The number of likely N-dealkylation sites (N-methyl/N-ethyl adjacent to an activating group) is 4. The molecule has 20 nitrogen and oxygen atoms in total. The molecule has 542 valence electrons. The van der Waals surface area contributed by atoms with Gasteiger partial charge < -0.3 is 69.3 Å². The molecule has 8 aromatic rings. The van der Waals surface area contributed by atoms with Gasteiger partial charge in [-0.25, -0.2) is 0 Å². The zero-order valence-electron chi connectivity index (χ0n) is 58.5. The third-order valence-corrected chi connectivity index (χ3v) is 19.9. The number of benzene rings is 8. The SMILES string of the molecule is COc1cc(Cl)c(Cl)cc1C(=O)Nc1cccc2c1CCN(C)C2.COc1cc(OC)c(C(=O)Nc2cccc3c2CCN(C)C3)cc1Br.COc1cc(OC)c(C(=O)Nc2cccc3c2CCN(C)C3)cc1Cl.COc1ccc(C2(C(F)(F)F)N=N2)cc1C(=O)Nc1cccc2c1CCN(C)C2. The first-order chi connectivity index (χ1) is 49.3. The standard InChI is InChI=1S/C20H19F3N4O2.C19H21BrN2O3.C19H21ClN2O3.C18H18Cl2N2O2/c1-27-9-8-14-12(11-27)4-3-5-16(14)24-18(28)15-10-13(6-7-17(15)29-2)19(25-26-19)20(21,22)23;2*1-22-8-7-13-12(11-22)5-4-6-16(13)21-19(23)14-9-15(20)18(25-3)10-17(14)24-2;1-22-7-6-12-11(10-22)4-3-5-16(12)21-18(23)13-8-14(19)15(20)9-17(13)24-2/h3-7,10H,8-9,11H2,1-2H3,(H,24,28);2*4-6,9-10H,7-8,11H2,1-3H3,(H,21,23);3-5,8-9H,6-7,10H2,1-2H3,(H,21,23). The van der Waals surface area contributed by atoms with Gasteiger partial charge >= 0.3 is 11.8 Å². The van der Waals surface area contributed by atoms with E-state index in [1.165, 1.54) is 80.0 Å². The van der Waals surface area contributed by atoms with Gasteiger partial charge in [-0.1, -0.05) is 89.4 Å². The van der Waals surface area contributed by atoms with Gasteiger partial charge in [-0.05, 0) is 169 Å². The second-order valence-electron chi connectivity index (χ2n) is 25.2. The quantitative estimate of drug-likeness (QED) is 0.0753. The van der Waals surface area contributed by atoms with E-state index < -0.39 is 17.7 Å². The molecule has 8 aromatic carbocycles. The average Bonchev–Trinajstić information content (AvgIpc) is 1.57. The summed E-state index contributed by atoms with van der Waals surface area (Å²) in [7, 11) is 17.3. The van der Waals surface area contributed by atoms with Gasteiger partial charge in [-0.3, -0.25) is 19.2 Å². The van der Waals surface area contributed by atoms with Crippen LogP contribution in [0.4, 0.5) is 35.9 Å². The summed E-state index contributed by atoms with van der Waals surface area (Å²) in [6, 6.07) is 37.1. The Kier molecular flexibility index (Phi) is 25.0. The number of amides is 4. The summed E-state index contributed by atoms with van der Waals surface area (Å²) in [5, 5.41) is 19.3. The first kappa shape index (κ1) is 76.7. The Hall–Kier alpha value is -8.98. The predicted octanol–water partition coefficient (Wildman–Crippen LogP) is 15.7. The highest BCUT2D eigenvalue weighted by Crippen LogP contribution is 2.53.